The van der Waals surface area contributed by atoms with E-state index in [4.69, 9.17) is 4.42 Å². The molecule has 0 spiro atoms. The number of imide groups is 1. The van der Waals surface area contributed by atoms with Crippen molar-refractivity contribution in [2.45, 2.75) is 13.0 Å². The zero-order valence-electron chi connectivity index (χ0n) is 9.32. The number of carbonyl (C=O) groups excluding carboxylic acids is 2. The molecule has 1 unspecified atom stereocenters. The van der Waals surface area contributed by atoms with Crippen LogP contribution in [-0.4, -0.2) is 11.9 Å². The molecule has 1 fully saturated rings. The van der Waals surface area contributed by atoms with Gasteiger partial charge in [0.2, 0.25) is 0 Å². The summed E-state index contributed by atoms with van der Waals surface area (Å²) < 4.78 is 5.47. The number of amides is 3. The number of rotatable bonds is 3. The highest BCUT2D eigenvalue weighted by Gasteiger charge is 2.33. The first-order chi connectivity index (χ1) is 8.15. The van der Waals surface area contributed by atoms with E-state index in [2.05, 4.69) is 17.2 Å². The number of nitrogens with one attached hydrogen (secondary N) is 2. The van der Waals surface area contributed by atoms with E-state index in [-0.39, 0.29) is 0 Å². The van der Waals surface area contributed by atoms with Crippen LogP contribution in [0.5, 0.6) is 0 Å². The first-order valence-corrected chi connectivity index (χ1v) is 5.16. The van der Waals surface area contributed by atoms with Crippen LogP contribution in [0.1, 0.15) is 30.0 Å². The molecule has 2 rings (SSSR count). The molecule has 5 nitrogen and oxygen atoms in total. The molecule has 1 aromatic heterocycles. The third kappa shape index (κ3) is 1.99. The summed E-state index contributed by atoms with van der Waals surface area (Å²) in [6.07, 6.45) is 5.27. The van der Waals surface area contributed by atoms with Gasteiger partial charge in [0, 0.05) is 5.56 Å². The van der Waals surface area contributed by atoms with Gasteiger partial charge in [-0.2, -0.15) is 0 Å². The maximum absolute atomic E-state index is 11.5. The second-order valence-corrected chi connectivity index (χ2v) is 3.57. The number of allylic oxidation sites excluding steroid dienone is 1. The van der Waals surface area contributed by atoms with Crippen LogP contribution in [0, 0.1) is 0 Å². The largest absolute Gasteiger partial charge is 0.458 e. The minimum Gasteiger partial charge on any atom is -0.458 e. The lowest BCUT2D eigenvalue weighted by molar-refractivity contribution is -0.120. The molecule has 17 heavy (non-hydrogen) atoms. The molecule has 1 atom stereocenters. The van der Waals surface area contributed by atoms with Gasteiger partial charge in [-0.05, 0) is 19.1 Å². The highest BCUT2D eigenvalue weighted by Crippen LogP contribution is 2.25. The third-order valence-corrected chi connectivity index (χ3v) is 2.40. The summed E-state index contributed by atoms with van der Waals surface area (Å²) in [6.45, 7) is 5.51. The summed E-state index contributed by atoms with van der Waals surface area (Å²) >= 11 is 0. The molecule has 0 saturated carbocycles. The van der Waals surface area contributed by atoms with Gasteiger partial charge in [0.05, 0.1) is 0 Å². The molecule has 0 radical (unpaired) electrons. The second-order valence-electron chi connectivity index (χ2n) is 3.57. The minimum absolute atomic E-state index is 0.399. The standard InChI is InChI=1S/C12H12N2O3/c1-3-5-7-6-9(17-8(7)4-2)10-11(15)14-12(16)13-10/h3-6,10H,2H2,1H3,(H2,13,14,15,16)/b5-3-. The molecule has 0 bridgehead atoms. The van der Waals surface area contributed by atoms with Crippen molar-refractivity contribution < 1.29 is 14.0 Å². The molecule has 2 N–H and O–H groups in total. The van der Waals surface area contributed by atoms with Gasteiger partial charge in [-0.1, -0.05) is 18.7 Å². The Balaban J connectivity index is 2.36. The molecular formula is C12H12N2O3. The average molecular weight is 232 g/mol. The Bertz CT molecular complexity index is 514. The molecule has 1 aliphatic heterocycles. The molecule has 1 aliphatic rings. The Morgan fingerprint density at radius 1 is 1.47 bits per heavy atom. The van der Waals surface area contributed by atoms with Crippen molar-refractivity contribution in [1.82, 2.24) is 10.6 Å². The van der Waals surface area contributed by atoms with Crippen molar-refractivity contribution >= 4 is 24.1 Å². The Kier molecular flexibility index (Phi) is 2.82. The van der Waals surface area contributed by atoms with Crippen LogP contribution in [0.4, 0.5) is 4.79 Å². The minimum atomic E-state index is -0.764. The van der Waals surface area contributed by atoms with Gasteiger partial charge >= 0.3 is 6.03 Å². The van der Waals surface area contributed by atoms with Crippen LogP contribution >= 0.6 is 0 Å². The highest BCUT2D eigenvalue weighted by atomic mass is 16.3. The van der Waals surface area contributed by atoms with Crippen LogP contribution in [-0.2, 0) is 4.79 Å². The fourth-order valence-corrected chi connectivity index (χ4v) is 1.67. The number of hydrogen-bond acceptors (Lipinski definition) is 3. The van der Waals surface area contributed by atoms with E-state index in [1.807, 2.05) is 19.1 Å². The number of urea groups is 1. The van der Waals surface area contributed by atoms with Crippen LogP contribution < -0.4 is 10.6 Å². The van der Waals surface area contributed by atoms with Gasteiger partial charge in [0.25, 0.3) is 5.91 Å². The smallest absolute Gasteiger partial charge is 0.322 e. The molecule has 0 aliphatic carbocycles. The lowest BCUT2D eigenvalue weighted by Crippen LogP contribution is -2.22. The summed E-state index contributed by atoms with van der Waals surface area (Å²) in [5, 5.41) is 4.63. The lowest BCUT2D eigenvalue weighted by Gasteiger charge is -2.01. The zero-order chi connectivity index (χ0) is 12.4. The molecule has 2 heterocycles. The monoisotopic (exact) mass is 232 g/mol. The van der Waals surface area contributed by atoms with Crippen molar-refractivity contribution in [3.8, 4) is 0 Å². The SMILES string of the molecule is C=Cc1oc(C2NC(=O)NC2=O)cc1/C=C\C. The number of hydrogen-bond donors (Lipinski definition) is 2. The van der Waals surface area contributed by atoms with Gasteiger partial charge < -0.3 is 9.73 Å². The van der Waals surface area contributed by atoms with E-state index >= 15 is 0 Å². The topological polar surface area (TPSA) is 71.3 Å². The molecule has 5 heteroatoms. The number of furan rings is 1. The summed E-state index contributed by atoms with van der Waals surface area (Å²) in [7, 11) is 0. The Morgan fingerprint density at radius 3 is 2.76 bits per heavy atom. The van der Waals surface area contributed by atoms with Crippen LogP contribution in [0.25, 0.3) is 12.2 Å². The van der Waals surface area contributed by atoms with Crippen LogP contribution in [0.3, 0.4) is 0 Å². The first kappa shape index (κ1) is 11.2. The van der Waals surface area contributed by atoms with E-state index in [0.29, 0.717) is 11.5 Å². The molecule has 1 saturated heterocycles. The fourth-order valence-electron chi connectivity index (χ4n) is 1.67. The maximum atomic E-state index is 11.5. The van der Waals surface area contributed by atoms with Crippen molar-refractivity contribution in [3.63, 3.8) is 0 Å². The van der Waals surface area contributed by atoms with E-state index in [1.165, 1.54) is 0 Å². The van der Waals surface area contributed by atoms with Crippen molar-refractivity contribution in [3.05, 3.63) is 35.8 Å². The predicted octanol–water partition coefficient (Wildman–Crippen LogP) is 1.84. The van der Waals surface area contributed by atoms with Gasteiger partial charge in [-0.3, -0.25) is 10.1 Å². The van der Waals surface area contributed by atoms with Crippen molar-refractivity contribution in [2.75, 3.05) is 0 Å². The van der Waals surface area contributed by atoms with Crippen LogP contribution in [0.2, 0.25) is 0 Å². The van der Waals surface area contributed by atoms with Gasteiger partial charge in [0.15, 0.2) is 6.04 Å². The maximum Gasteiger partial charge on any atom is 0.322 e. The summed E-state index contributed by atoms with van der Waals surface area (Å²) in [5.74, 6) is 0.565. The van der Waals surface area contributed by atoms with Crippen molar-refractivity contribution in [1.29, 1.82) is 0 Å². The van der Waals surface area contributed by atoms with E-state index in [1.54, 1.807) is 12.1 Å². The Labute approximate surface area is 98.2 Å². The quantitative estimate of drug-likeness (QED) is 0.781. The average Bonchev–Trinajstić information content (AvgIpc) is 2.82. The highest BCUT2D eigenvalue weighted by molar-refractivity contribution is 6.04. The van der Waals surface area contributed by atoms with Gasteiger partial charge in [0.1, 0.15) is 11.5 Å². The fraction of sp³-hybridized carbons (Fsp3) is 0.167. The normalized spacial score (nSPS) is 19.5. The summed E-state index contributed by atoms with van der Waals surface area (Å²) in [6, 6.07) is 0.441. The molecule has 1 aromatic rings. The molecule has 3 amide bonds. The predicted molar refractivity (Wildman–Crippen MR) is 62.9 cm³/mol. The van der Waals surface area contributed by atoms with Crippen LogP contribution in [0.15, 0.2) is 23.1 Å². The lowest BCUT2D eigenvalue weighted by atomic mass is 10.1. The first-order valence-electron chi connectivity index (χ1n) is 5.16. The molecular weight excluding hydrogens is 220 g/mol. The second kappa shape index (κ2) is 4.29. The third-order valence-electron chi connectivity index (χ3n) is 2.40. The van der Waals surface area contributed by atoms with E-state index in [0.717, 1.165) is 5.56 Å². The summed E-state index contributed by atoms with van der Waals surface area (Å²) in [5.41, 5.74) is 0.825. The van der Waals surface area contributed by atoms with E-state index in [9.17, 15) is 9.59 Å². The molecule has 88 valence electrons. The number of carbonyl (C=O) groups is 2. The zero-order valence-corrected chi connectivity index (χ0v) is 9.32. The van der Waals surface area contributed by atoms with E-state index < -0.39 is 18.0 Å². The Morgan fingerprint density at radius 2 is 2.24 bits per heavy atom. The Hall–Kier alpha value is -2.30. The van der Waals surface area contributed by atoms with Crippen molar-refractivity contribution in [2.24, 2.45) is 0 Å². The molecule has 0 aromatic carbocycles. The summed E-state index contributed by atoms with van der Waals surface area (Å²) in [4.78, 5) is 22.5. The van der Waals surface area contributed by atoms with Gasteiger partial charge in [-0.15, -0.1) is 0 Å². The van der Waals surface area contributed by atoms with Gasteiger partial charge in [-0.25, -0.2) is 4.79 Å².